The number of pyridine rings is 1. The van der Waals surface area contributed by atoms with Crippen molar-refractivity contribution in [3.05, 3.63) is 34.3 Å². The molecule has 14 heavy (non-hydrogen) atoms. The van der Waals surface area contributed by atoms with Crippen LogP contribution in [0.3, 0.4) is 0 Å². The monoisotopic (exact) mass is 202 g/mol. The molecule has 0 unspecified atom stereocenters. The summed E-state index contributed by atoms with van der Waals surface area (Å²) >= 11 is 0. The molecule has 0 N–H and O–H groups in total. The fourth-order valence-electron chi connectivity index (χ4n) is 0.968. The highest BCUT2D eigenvalue weighted by molar-refractivity contribution is 5.30. The first-order chi connectivity index (χ1) is 6.38. The van der Waals surface area contributed by atoms with Crippen molar-refractivity contribution in [1.29, 1.82) is 5.26 Å². The van der Waals surface area contributed by atoms with Crippen molar-refractivity contribution >= 4 is 0 Å². The van der Waals surface area contributed by atoms with Crippen LogP contribution in [0.2, 0.25) is 0 Å². The fourth-order valence-corrected chi connectivity index (χ4v) is 0.968. The van der Waals surface area contributed by atoms with Crippen molar-refractivity contribution in [2.45, 2.75) is 13.1 Å². The van der Waals surface area contributed by atoms with E-state index in [9.17, 15) is 18.4 Å². The Morgan fingerprint density at radius 2 is 2.00 bits per heavy atom. The van der Waals surface area contributed by atoms with Crippen LogP contribution in [-0.4, -0.2) is 0 Å². The second kappa shape index (κ2) is 3.18. The van der Waals surface area contributed by atoms with Gasteiger partial charge in [-0.3, -0.25) is 0 Å². The van der Waals surface area contributed by atoms with Crippen molar-refractivity contribution in [2.75, 3.05) is 0 Å². The van der Waals surface area contributed by atoms with Crippen LogP contribution in [0.15, 0.2) is 12.1 Å². The fraction of sp³-hybridized carbons (Fsp3) is 0.250. The molecule has 0 aliphatic rings. The van der Waals surface area contributed by atoms with Crippen molar-refractivity contribution in [3.63, 3.8) is 0 Å². The van der Waals surface area contributed by atoms with Crippen LogP contribution < -0.4 is 4.73 Å². The van der Waals surface area contributed by atoms with Crippen LogP contribution in [0.1, 0.15) is 17.0 Å². The van der Waals surface area contributed by atoms with Crippen LogP contribution in [-0.2, 0) is 6.18 Å². The topological polar surface area (TPSA) is 50.7 Å². The lowest BCUT2D eigenvalue weighted by atomic mass is 10.2. The van der Waals surface area contributed by atoms with E-state index in [4.69, 9.17) is 5.26 Å². The Bertz CT molecular complexity index is 406. The quantitative estimate of drug-likeness (QED) is 0.473. The molecule has 0 radical (unpaired) electrons. The van der Waals surface area contributed by atoms with Crippen molar-refractivity contribution in [2.24, 2.45) is 0 Å². The van der Waals surface area contributed by atoms with E-state index < -0.39 is 11.9 Å². The van der Waals surface area contributed by atoms with Crippen molar-refractivity contribution in [3.8, 4) is 6.07 Å². The van der Waals surface area contributed by atoms with E-state index in [1.807, 2.05) is 0 Å². The smallest absolute Gasteiger partial charge is 0.478 e. The van der Waals surface area contributed by atoms with Gasteiger partial charge in [-0.1, -0.05) is 0 Å². The Morgan fingerprint density at radius 3 is 2.43 bits per heavy atom. The lowest BCUT2D eigenvalue weighted by molar-refractivity contribution is -0.635. The normalized spacial score (nSPS) is 11.1. The Labute approximate surface area is 77.6 Å². The zero-order chi connectivity index (χ0) is 10.9. The summed E-state index contributed by atoms with van der Waals surface area (Å²) in [5, 5.41) is 19.5. The number of hydrogen-bond acceptors (Lipinski definition) is 2. The minimum atomic E-state index is -4.69. The van der Waals surface area contributed by atoms with Gasteiger partial charge in [-0.2, -0.15) is 23.2 Å². The zero-order valence-electron chi connectivity index (χ0n) is 7.09. The first-order valence-electron chi connectivity index (χ1n) is 3.58. The third-order valence-electron chi connectivity index (χ3n) is 1.73. The molecular formula is C8H5F3N2O. The molecule has 0 bridgehead atoms. The summed E-state index contributed by atoms with van der Waals surface area (Å²) in [6, 6.07) is 3.20. The predicted molar refractivity (Wildman–Crippen MR) is 39.9 cm³/mol. The molecule has 1 heterocycles. The Balaban J connectivity index is 3.41. The first-order valence-corrected chi connectivity index (χ1v) is 3.58. The Kier molecular flexibility index (Phi) is 2.34. The number of alkyl halides is 3. The van der Waals surface area contributed by atoms with Crippen LogP contribution in [0.5, 0.6) is 0 Å². The average Bonchev–Trinajstić information content (AvgIpc) is 2.07. The average molecular weight is 202 g/mol. The van der Waals surface area contributed by atoms with Crippen LogP contribution in [0, 0.1) is 23.5 Å². The third kappa shape index (κ3) is 1.62. The number of nitriles is 1. The van der Waals surface area contributed by atoms with Gasteiger partial charge in [0.05, 0.1) is 0 Å². The lowest BCUT2D eigenvalue weighted by Crippen LogP contribution is -2.40. The maximum atomic E-state index is 12.2. The maximum absolute atomic E-state index is 12.2. The van der Waals surface area contributed by atoms with Crippen LogP contribution >= 0.6 is 0 Å². The number of aromatic nitrogens is 1. The summed E-state index contributed by atoms with van der Waals surface area (Å²) in [5.41, 5.74) is -1.62. The molecule has 3 nitrogen and oxygen atoms in total. The maximum Gasteiger partial charge on any atom is 0.478 e. The molecule has 1 aromatic heterocycles. The molecule has 6 heteroatoms. The largest absolute Gasteiger partial charge is 0.618 e. The van der Waals surface area contributed by atoms with Crippen LogP contribution in [0.25, 0.3) is 0 Å². The minimum Gasteiger partial charge on any atom is -0.618 e. The molecule has 0 saturated carbocycles. The highest BCUT2D eigenvalue weighted by atomic mass is 19.4. The second-order valence-electron chi connectivity index (χ2n) is 2.62. The Morgan fingerprint density at radius 1 is 1.43 bits per heavy atom. The van der Waals surface area contributed by atoms with E-state index in [0.717, 1.165) is 6.07 Å². The standard InChI is InChI=1S/C8H5F3N2O/c1-5-6(4-12)2-3-7(13(5)14)8(9,10)11/h2-3H,1H3. The van der Waals surface area contributed by atoms with E-state index >= 15 is 0 Å². The van der Waals surface area contributed by atoms with Crippen LogP contribution in [0.4, 0.5) is 13.2 Å². The summed E-state index contributed by atoms with van der Waals surface area (Å²) in [7, 11) is 0. The van der Waals surface area contributed by atoms with Gasteiger partial charge in [-0.25, -0.2) is 0 Å². The van der Waals surface area contributed by atoms with Crippen molar-refractivity contribution in [1.82, 2.24) is 0 Å². The molecule has 0 aliphatic heterocycles. The van der Waals surface area contributed by atoms with Gasteiger partial charge in [-0.15, -0.1) is 0 Å². The highest BCUT2D eigenvalue weighted by Crippen LogP contribution is 2.26. The number of nitrogens with zero attached hydrogens (tertiary/aromatic N) is 2. The molecule has 74 valence electrons. The molecule has 0 atom stereocenters. The van der Waals surface area contributed by atoms with E-state index in [2.05, 4.69) is 0 Å². The zero-order valence-corrected chi connectivity index (χ0v) is 7.09. The first kappa shape index (κ1) is 10.3. The van der Waals surface area contributed by atoms with Gasteiger partial charge >= 0.3 is 6.18 Å². The van der Waals surface area contributed by atoms with Gasteiger partial charge in [0.15, 0.2) is 0 Å². The van der Waals surface area contributed by atoms with Gasteiger partial charge in [0.1, 0.15) is 11.6 Å². The van der Waals surface area contributed by atoms with Gasteiger partial charge in [0, 0.05) is 13.0 Å². The molecule has 0 fully saturated rings. The van der Waals surface area contributed by atoms with Gasteiger partial charge in [0.2, 0.25) is 5.69 Å². The molecule has 0 aliphatic carbocycles. The number of halogens is 3. The number of rotatable bonds is 0. The summed E-state index contributed by atoms with van der Waals surface area (Å²) < 4.78 is 36.2. The molecule has 1 aromatic rings. The van der Waals surface area contributed by atoms with Crippen molar-refractivity contribution < 1.29 is 17.9 Å². The van der Waals surface area contributed by atoms with E-state index in [0.29, 0.717) is 6.07 Å². The predicted octanol–water partition coefficient (Wildman–Crippen LogP) is 1.52. The summed E-state index contributed by atoms with van der Waals surface area (Å²) in [4.78, 5) is 0. The number of hydrogen-bond donors (Lipinski definition) is 0. The third-order valence-corrected chi connectivity index (χ3v) is 1.73. The molecule has 0 spiro atoms. The van der Waals surface area contributed by atoms with E-state index in [1.54, 1.807) is 6.07 Å². The molecule has 0 amide bonds. The Hall–Kier alpha value is -1.77. The van der Waals surface area contributed by atoms with Gasteiger partial charge in [-0.05, 0) is 6.07 Å². The molecule has 0 saturated heterocycles. The second-order valence-corrected chi connectivity index (χ2v) is 2.62. The summed E-state index contributed by atoms with van der Waals surface area (Å²) in [6.45, 7) is 1.17. The van der Waals surface area contributed by atoms with E-state index in [1.165, 1.54) is 6.92 Å². The van der Waals surface area contributed by atoms with E-state index in [-0.39, 0.29) is 16.0 Å². The lowest BCUT2D eigenvalue weighted by Gasteiger charge is -2.09. The highest BCUT2D eigenvalue weighted by Gasteiger charge is 2.40. The molecular weight excluding hydrogens is 197 g/mol. The molecule has 1 rings (SSSR count). The summed E-state index contributed by atoms with van der Waals surface area (Å²) in [5.74, 6) is 0. The minimum absolute atomic E-state index is 0.0620. The SMILES string of the molecule is Cc1c(C#N)ccc(C(F)(F)F)[n+]1[O-]. The summed E-state index contributed by atoms with van der Waals surface area (Å²) in [6.07, 6.45) is -4.69. The molecule has 0 aromatic carbocycles. The van der Waals surface area contributed by atoms with Gasteiger partial charge in [0.25, 0.3) is 5.69 Å². The van der Waals surface area contributed by atoms with Gasteiger partial charge < -0.3 is 5.21 Å².